The number of carbonyl (C=O) groups excluding carboxylic acids is 1. The van der Waals surface area contributed by atoms with Gasteiger partial charge in [-0.15, -0.1) is 0 Å². The molecule has 1 aliphatic heterocycles. The lowest BCUT2D eigenvalue weighted by Gasteiger charge is -2.28. The van der Waals surface area contributed by atoms with E-state index in [0.29, 0.717) is 16.9 Å². The first-order valence-electron chi connectivity index (χ1n) is 9.36. The van der Waals surface area contributed by atoms with Gasteiger partial charge in [-0.2, -0.15) is 4.98 Å². The Bertz CT molecular complexity index is 1030. The minimum Gasteiger partial charge on any atom is -0.431 e. The van der Waals surface area contributed by atoms with Crippen LogP contribution < -0.4 is 10.1 Å². The molecule has 0 unspecified atom stereocenters. The number of ether oxygens (including phenoxy) is 1. The number of thiazole rings is 1. The van der Waals surface area contributed by atoms with Crippen LogP contribution in [0.2, 0.25) is 0 Å². The van der Waals surface area contributed by atoms with Crippen LogP contribution in [0.25, 0.3) is 10.3 Å². The second-order valence-corrected chi connectivity index (χ2v) is 8.27. The Balaban J connectivity index is 1.23. The highest BCUT2D eigenvalue weighted by atomic mass is 32.1. The fourth-order valence-electron chi connectivity index (χ4n) is 3.97. The number of hydrogen-bond donors (Lipinski definition) is 1. The number of nitrogens with one attached hydrogen (secondary N) is 1. The second-order valence-electron chi connectivity index (χ2n) is 7.27. The van der Waals surface area contributed by atoms with Gasteiger partial charge in [0, 0.05) is 31.9 Å². The predicted molar refractivity (Wildman–Crippen MR) is 108 cm³/mol. The third-order valence-electron chi connectivity index (χ3n) is 5.24. The van der Waals surface area contributed by atoms with Gasteiger partial charge in [-0.1, -0.05) is 23.5 Å². The van der Waals surface area contributed by atoms with Crippen molar-refractivity contribution >= 4 is 27.6 Å². The molecule has 1 N–H and O–H groups in total. The van der Waals surface area contributed by atoms with E-state index in [4.69, 9.17) is 4.74 Å². The number of nitrogens with zero attached hydrogens (tertiary/aromatic N) is 3. The number of aromatic nitrogens is 2. The molecule has 0 saturated heterocycles. The zero-order valence-electron chi connectivity index (χ0n) is 15.5. The van der Waals surface area contributed by atoms with Crippen molar-refractivity contribution in [1.82, 2.24) is 20.2 Å². The maximum absolute atomic E-state index is 11.3. The molecule has 1 aromatic carbocycles. The van der Waals surface area contributed by atoms with E-state index in [9.17, 15) is 4.79 Å². The van der Waals surface area contributed by atoms with Crippen molar-refractivity contribution in [2.45, 2.75) is 38.4 Å². The molecule has 1 amide bonds. The van der Waals surface area contributed by atoms with Crippen LogP contribution in [0, 0.1) is 0 Å². The molecule has 2 aliphatic rings. The number of amides is 1. The Morgan fingerprint density at radius 2 is 2.18 bits per heavy atom. The largest absolute Gasteiger partial charge is 0.431 e. The van der Waals surface area contributed by atoms with Gasteiger partial charge in [-0.05, 0) is 48.2 Å². The maximum atomic E-state index is 11.3. The summed E-state index contributed by atoms with van der Waals surface area (Å²) in [4.78, 5) is 22.3. The SMILES string of the molecule is CC(=O)N[C@H]1C[C@@H]2CC1=CN2Cc1ccc(Oc2nc3ncccc3s2)cc1. The summed E-state index contributed by atoms with van der Waals surface area (Å²) in [5.74, 6) is 0.819. The lowest BCUT2D eigenvalue weighted by atomic mass is 10.1. The quantitative estimate of drug-likeness (QED) is 0.714. The Morgan fingerprint density at radius 3 is 2.89 bits per heavy atom. The van der Waals surface area contributed by atoms with E-state index < -0.39 is 0 Å². The molecule has 3 heterocycles. The normalized spacial score (nSPS) is 20.5. The summed E-state index contributed by atoms with van der Waals surface area (Å²) in [5, 5.41) is 3.64. The molecule has 2 bridgehead atoms. The highest BCUT2D eigenvalue weighted by molar-refractivity contribution is 7.20. The Labute approximate surface area is 166 Å². The Morgan fingerprint density at radius 1 is 1.32 bits per heavy atom. The first-order chi connectivity index (χ1) is 13.6. The van der Waals surface area contributed by atoms with E-state index in [1.165, 1.54) is 22.5 Å². The lowest BCUT2D eigenvalue weighted by Crippen LogP contribution is -2.37. The van der Waals surface area contributed by atoms with Gasteiger partial charge in [0.25, 0.3) is 5.19 Å². The van der Waals surface area contributed by atoms with Crippen molar-refractivity contribution < 1.29 is 9.53 Å². The number of benzene rings is 1. The van der Waals surface area contributed by atoms with Crippen molar-refractivity contribution in [2.75, 3.05) is 0 Å². The van der Waals surface area contributed by atoms with Crippen LogP contribution >= 0.6 is 11.3 Å². The standard InChI is InChI=1S/C21H20N4O2S/c1-13(26)23-18-10-16-9-15(18)12-25(16)11-14-4-6-17(7-5-14)27-21-24-20-19(28-21)3-2-8-22-20/h2-8,12,16,18H,9-11H2,1H3,(H,23,26)/t16-,18-/m0/s1. The van der Waals surface area contributed by atoms with Gasteiger partial charge < -0.3 is 15.0 Å². The number of carbonyl (C=O) groups is 1. The molecule has 2 atom stereocenters. The van der Waals surface area contributed by atoms with Gasteiger partial charge >= 0.3 is 0 Å². The van der Waals surface area contributed by atoms with Crippen LogP contribution in [0.4, 0.5) is 0 Å². The first kappa shape index (κ1) is 17.2. The Kier molecular flexibility index (Phi) is 4.24. The summed E-state index contributed by atoms with van der Waals surface area (Å²) in [5.41, 5.74) is 3.29. The molecular formula is C21H20N4O2S. The molecule has 142 valence electrons. The molecule has 7 heteroatoms. The summed E-state index contributed by atoms with van der Waals surface area (Å²) < 4.78 is 6.91. The smallest absolute Gasteiger partial charge is 0.281 e. The zero-order chi connectivity index (χ0) is 19.1. The number of pyridine rings is 1. The Hall–Kier alpha value is -2.93. The average molecular weight is 392 g/mol. The molecule has 6 nitrogen and oxygen atoms in total. The zero-order valence-corrected chi connectivity index (χ0v) is 16.3. The van der Waals surface area contributed by atoms with Crippen LogP contribution in [0.1, 0.15) is 25.3 Å². The van der Waals surface area contributed by atoms with Crippen molar-refractivity contribution in [1.29, 1.82) is 0 Å². The molecule has 5 rings (SSSR count). The minimum atomic E-state index is 0.0458. The summed E-state index contributed by atoms with van der Waals surface area (Å²) in [6.45, 7) is 2.45. The summed E-state index contributed by atoms with van der Waals surface area (Å²) in [6.07, 6.45) is 6.00. The van der Waals surface area contributed by atoms with Gasteiger partial charge in [0.05, 0.1) is 10.7 Å². The molecule has 1 aliphatic carbocycles. The van der Waals surface area contributed by atoms with Gasteiger partial charge in [0.1, 0.15) is 5.75 Å². The summed E-state index contributed by atoms with van der Waals surface area (Å²) >= 11 is 1.49. The van der Waals surface area contributed by atoms with Crippen molar-refractivity contribution in [3.8, 4) is 10.9 Å². The van der Waals surface area contributed by atoms with E-state index in [-0.39, 0.29) is 11.9 Å². The summed E-state index contributed by atoms with van der Waals surface area (Å²) in [6, 6.07) is 12.7. The van der Waals surface area contributed by atoms with Crippen LogP contribution in [0.3, 0.4) is 0 Å². The van der Waals surface area contributed by atoms with Crippen LogP contribution in [-0.4, -0.2) is 32.9 Å². The van der Waals surface area contributed by atoms with Gasteiger partial charge in [-0.3, -0.25) is 4.79 Å². The maximum Gasteiger partial charge on any atom is 0.281 e. The fourth-order valence-corrected chi connectivity index (χ4v) is 4.77. The highest BCUT2D eigenvalue weighted by Gasteiger charge is 2.38. The molecule has 1 fully saturated rings. The molecule has 2 aromatic heterocycles. The van der Waals surface area contributed by atoms with E-state index in [1.807, 2.05) is 24.3 Å². The predicted octanol–water partition coefficient (Wildman–Crippen LogP) is 3.85. The molecule has 0 spiro atoms. The topological polar surface area (TPSA) is 67.4 Å². The van der Waals surface area contributed by atoms with E-state index in [0.717, 1.165) is 29.8 Å². The van der Waals surface area contributed by atoms with Gasteiger partial charge in [0.2, 0.25) is 5.91 Å². The number of rotatable bonds is 5. The van der Waals surface area contributed by atoms with Crippen LogP contribution in [-0.2, 0) is 11.3 Å². The summed E-state index contributed by atoms with van der Waals surface area (Å²) in [7, 11) is 0. The third-order valence-corrected chi connectivity index (χ3v) is 6.13. The first-order valence-corrected chi connectivity index (χ1v) is 10.2. The fraction of sp³-hybridized carbons (Fsp3) is 0.286. The average Bonchev–Trinajstić information content (AvgIpc) is 3.36. The highest BCUT2D eigenvalue weighted by Crippen LogP contribution is 2.37. The number of hydrogen-bond acceptors (Lipinski definition) is 6. The monoisotopic (exact) mass is 392 g/mol. The number of fused-ring (bicyclic) bond motifs is 3. The molecule has 1 saturated carbocycles. The van der Waals surface area contributed by atoms with Crippen LogP contribution in [0.5, 0.6) is 10.9 Å². The molecular weight excluding hydrogens is 372 g/mol. The van der Waals surface area contributed by atoms with E-state index in [2.05, 4.69) is 38.5 Å². The van der Waals surface area contributed by atoms with E-state index >= 15 is 0 Å². The second kappa shape index (κ2) is 6.91. The van der Waals surface area contributed by atoms with Crippen molar-refractivity contribution in [2.24, 2.45) is 0 Å². The van der Waals surface area contributed by atoms with Crippen molar-refractivity contribution in [3.63, 3.8) is 0 Å². The van der Waals surface area contributed by atoms with Crippen LogP contribution in [0.15, 0.2) is 54.4 Å². The molecule has 0 radical (unpaired) electrons. The minimum absolute atomic E-state index is 0.0458. The molecule has 28 heavy (non-hydrogen) atoms. The third kappa shape index (κ3) is 3.33. The molecule has 3 aromatic rings. The van der Waals surface area contributed by atoms with Crippen molar-refractivity contribution in [3.05, 3.63) is 59.9 Å². The lowest BCUT2D eigenvalue weighted by molar-refractivity contribution is -0.119. The van der Waals surface area contributed by atoms with E-state index in [1.54, 1.807) is 13.1 Å². The van der Waals surface area contributed by atoms with Gasteiger partial charge in [-0.25, -0.2) is 4.98 Å². The van der Waals surface area contributed by atoms with Gasteiger partial charge in [0.15, 0.2) is 5.65 Å².